The molecule has 0 heterocycles. The molecule has 0 saturated carbocycles. The Morgan fingerprint density at radius 2 is 2.25 bits per heavy atom. The highest BCUT2D eigenvalue weighted by Gasteiger charge is 2.11. The molecule has 0 saturated heterocycles. The number of nitro benzene ring substituents is 1. The van der Waals surface area contributed by atoms with E-state index in [4.69, 9.17) is 10.2 Å². The van der Waals surface area contributed by atoms with Crippen molar-refractivity contribution in [3.05, 3.63) is 34.1 Å². The summed E-state index contributed by atoms with van der Waals surface area (Å²) in [6.45, 7) is -0.557. The average Bonchev–Trinajstić information content (AvgIpc) is 2.27. The summed E-state index contributed by atoms with van der Waals surface area (Å²) >= 11 is 0. The summed E-state index contributed by atoms with van der Waals surface area (Å²) in [5.41, 5.74) is -0.330. The first-order chi connectivity index (χ1) is 7.54. The fraction of sp³-hybridized carbons (Fsp3) is 0.333. The van der Waals surface area contributed by atoms with Crippen LogP contribution in [-0.4, -0.2) is 34.4 Å². The first-order valence-electron chi connectivity index (χ1n) is 4.51. The van der Waals surface area contributed by atoms with Crippen LogP contribution in [0.3, 0.4) is 0 Å². The minimum absolute atomic E-state index is 0.0818. The van der Waals surface area contributed by atoms with E-state index in [0.29, 0.717) is 0 Å². The first-order valence-corrected chi connectivity index (χ1v) is 4.51. The van der Waals surface area contributed by atoms with E-state index >= 15 is 0 Å². The highest BCUT2D eigenvalue weighted by atomic mass is 19.1. The normalized spacial score (nSPS) is 12.2. The van der Waals surface area contributed by atoms with Crippen molar-refractivity contribution in [1.82, 2.24) is 0 Å². The summed E-state index contributed by atoms with van der Waals surface area (Å²) in [7, 11) is 0. The fourth-order valence-electron chi connectivity index (χ4n) is 1.05. The van der Waals surface area contributed by atoms with Gasteiger partial charge in [-0.3, -0.25) is 10.1 Å². The van der Waals surface area contributed by atoms with Gasteiger partial charge in [0.25, 0.3) is 5.69 Å². The van der Waals surface area contributed by atoms with E-state index in [9.17, 15) is 14.5 Å². The van der Waals surface area contributed by atoms with Gasteiger partial charge in [-0.2, -0.15) is 0 Å². The molecule has 0 bridgehead atoms. The molecule has 0 aliphatic rings. The van der Waals surface area contributed by atoms with Crippen LogP contribution in [-0.2, 0) is 0 Å². The van der Waals surface area contributed by atoms with Gasteiger partial charge in [-0.05, 0) is 6.07 Å². The Morgan fingerprint density at radius 3 is 2.81 bits per heavy atom. The second-order valence-electron chi connectivity index (χ2n) is 3.14. The van der Waals surface area contributed by atoms with Gasteiger partial charge in [0, 0.05) is 18.7 Å². The molecule has 0 aliphatic carbocycles. The monoisotopic (exact) mass is 230 g/mol. The number of anilines is 1. The third-order valence-electron chi connectivity index (χ3n) is 1.90. The van der Waals surface area contributed by atoms with E-state index < -0.39 is 23.5 Å². The lowest BCUT2D eigenvalue weighted by Gasteiger charge is -2.10. The second-order valence-corrected chi connectivity index (χ2v) is 3.14. The van der Waals surface area contributed by atoms with Crippen molar-refractivity contribution in [1.29, 1.82) is 0 Å². The van der Waals surface area contributed by atoms with E-state index in [1.807, 2.05) is 0 Å². The largest absolute Gasteiger partial charge is 0.394 e. The van der Waals surface area contributed by atoms with E-state index in [1.165, 1.54) is 0 Å². The minimum atomic E-state index is -1.04. The summed E-state index contributed by atoms with van der Waals surface area (Å²) < 4.78 is 13.2. The van der Waals surface area contributed by atoms with E-state index in [2.05, 4.69) is 5.32 Å². The van der Waals surface area contributed by atoms with Crippen LogP contribution in [0, 0.1) is 15.9 Å². The smallest absolute Gasteiger partial charge is 0.271 e. The van der Waals surface area contributed by atoms with Gasteiger partial charge in [0.2, 0.25) is 0 Å². The van der Waals surface area contributed by atoms with E-state index in [0.717, 1.165) is 18.2 Å². The maximum Gasteiger partial charge on any atom is 0.271 e. The summed E-state index contributed by atoms with van der Waals surface area (Å²) in [5, 5.41) is 30.4. The molecule has 3 N–H and O–H groups in total. The van der Waals surface area contributed by atoms with Gasteiger partial charge in [0.05, 0.1) is 23.3 Å². The molecule has 88 valence electrons. The van der Waals surface area contributed by atoms with Crippen LogP contribution >= 0.6 is 0 Å². The summed E-state index contributed by atoms with van der Waals surface area (Å²) in [4.78, 5) is 9.78. The molecule has 0 amide bonds. The predicted molar refractivity (Wildman–Crippen MR) is 54.6 cm³/mol. The molecular weight excluding hydrogens is 219 g/mol. The Morgan fingerprint density at radius 1 is 1.56 bits per heavy atom. The maximum atomic E-state index is 13.2. The number of nitrogens with one attached hydrogen (secondary N) is 1. The molecule has 0 radical (unpaired) electrons. The Kier molecular flexibility index (Phi) is 4.15. The molecule has 0 spiro atoms. The molecule has 0 fully saturated rings. The van der Waals surface area contributed by atoms with Crippen molar-refractivity contribution in [2.24, 2.45) is 0 Å². The molecule has 1 aromatic rings. The molecule has 16 heavy (non-hydrogen) atoms. The Bertz CT molecular complexity index is 386. The molecule has 7 heteroatoms. The number of rotatable bonds is 5. The zero-order chi connectivity index (χ0) is 12.1. The van der Waals surface area contributed by atoms with Crippen molar-refractivity contribution in [2.45, 2.75) is 6.10 Å². The first kappa shape index (κ1) is 12.3. The van der Waals surface area contributed by atoms with Crippen molar-refractivity contribution in [3.63, 3.8) is 0 Å². The van der Waals surface area contributed by atoms with Gasteiger partial charge >= 0.3 is 0 Å². The van der Waals surface area contributed by atoms with Gasteiger partial charge in [-0.1, -0.05) is 0 Å². The quantitative estimate of drug-likeness (QED) is 0.505. The molecule has 1 rings (SSSR count). The molecular formula is C9H11FN2O4. The highest BCUT2D eigenvalue weighted by molar-refractivity contribution is 5.52. The van der Waals surface area contributed by atoms with Crippen LogP contribution in [0.5, 0.6) is 0 Å². The second kappa shape index (κ2) is 5.38. The maximum absolute atomic E-state index is 13.2. The van der Waals surface area contributed by atoms with Crippen LogP contribution in [0.2, 0.25) is 0 Å². The number of hydrogen-bond donors (Lipinski definition) is 3. The van der Waals surface area contributed by atoms with Gasteiger partial charge in [0.1, 0.15) is 5.82 Å². The molecule has 0 aromatic heterocycles. The van der Waals surface area contributed by atoms with Gasteiger partial charge in [0.15, 0.2) is 0 Å². The predicted octanol–water partition coefficient (Wildman–Crippen LogP) is 0.499. The number of non-ortho nitro benzene ring substituents is 1. The summed E-state index contributed by atoms with van der Waals surface area (Å²) in [5.74, 6) is -0.657. The Hall–Kier alpha value is -1.73. The average molecular weight is 230 g/mol. The number of benzene rings is 1. The minimum Gasteiger partial charge on any atom is -0.394 e. The lowest BCUT2D eigenvalue weighted by Crippen LogP contribution is -2.23. The SMILES string of the molecule is O=[N+]([O-])c1ccc(F)c(NCC(O)CO)c1. The summed E-state index contributed by atoms with van der Waals surface area (Å²) in [6, 6.07) is 3.04. The lowest BCUT2D eigenvalue weighted by molar-refractivity contribution is -0.384. The standard InChI is InChI=1S/C9H11FN2O4/c10-8-2-1-6(12(15)16)3-9(8)11-4-7(14)5-13/h1-3,7,11,13-14H,4-5H2. The van der Waals surface area contributed by atoms with Crippen LogP contribution < -0.4 is 5.32 Å². The van der Waals surface area contributed by atoms with E-state index in [1.54, 1.807) is 0 Å². The number of nitrogens with zero attached hydrogens (tertiary/aromatic N) is 1. The van der Waals surface area contributed by atoms with Crippen molar-refractivity contribution < 1.29 is 19.5 Å². The fourth-order valence-corrected chi connectivity index (χ4v) is 1.05. The Labute approximate surface area is 90.5 Å². The lowest BCUT2D eigenvalue weighted by atomic mass is 10.2. The Balaban J connectivity index is 2.78. The van der Waals surface area contributed by atoms with Gasteiger partial charge in [-0.15, -0.1) is 0 Å². The van der Waals surface area contributed by atoms with Crippen LogP contribution in [0.25, 0.3) is 0 Å². The molecule has 6 nitrogen and oxygen atoms in total. The van der Waals surface area contributed by atoms with Gasteiger partial charge in [-0.25, -0.2) is 4.39 Å². The third kappa shape index (κ3) is 3.14. The number of hydrogen-bond acceptors (Lipinski definition) is 5. The van der Waals surface area contributed by atoms with Crippen molar-refractivity contribution in [2.75, 3.05) is 18.5 Å². The third-order valence-corrected chi connectivity index (χ3v) is 1.90. The highest BCUT2D eigenvalue weighted by Crippen LogP contribution is 2.20. The van der Waals surface area contributed by atoms with Crippen LogP contribution in [0.4, 0.5) is 15.8 Å². The summed E-state index contributed by atoms with van der Waals surface area (Å²) in [6.07, 6.45) is -1.04. The van der Waals surface area contributed by atoms with Crippen LogP contribution in [0.15, 0.2) is 18.2 Å². The van der Waals surface area contributed by atoms with Crippen molar-refractivity contribution >= 4 is 11.4 Å². The topological polar surface area (TPSA) is 95.6 Å². The van der Waals surface area contributed by atoms with Gasteiger partial charge < -0.3 is 15.5 Å². The molecule has 0 aliphatic heterocycles. The number of halogens is 1. The molecule has 1 unspecified atom stereocenters. The molecule has 1 atom stereocenters. The molecule has 1 aromatic carbocycles. The zero-order valence-electron chi connectivity index (χ0n) is 8.26. The zero-order valence-corrected chi connectivity index (χ0v) is 8.26. The van der Waals surface area contributed by atoms with E-state index in [-0.39, 0.29) is 17.9 Å². The number of nitro groups is 1. The van der Waals surface area contributed by atoms with Crippen molar-refractivity contribution in [3.8, 4) is 0 Å². The number of aliphatic hydroxyl groups is 2. The number of aliphatic hydroxyl groups excluding tert-OH is 2. The van der Waals surface area contributed by atoms with Crippen LogP contribution in [0.1, 0.15) is 0 Å².